The molecule has 0 aliphatic heterocycles. The van der Waals surface area contributed by atoms with Crippen LogP contribution in [0.1, 0.15) is 0 Å². The Morgan fingerprint density at radius 1 is 0.133 bits per heavy atom. The summed E-state index contributed by atoms with van der Waals surface area (Å²) in [7, 11) is 0. The summed E-state index contributed by atoms with van der Waals surface area (Å²) in [6.45, 7) is 0. The van der Waals surface area contributed by atoms with Gasteiger partial charge in [-0.3, -0.25) is 9.97 Å². The van der Waals surface area contributed by atoms with Gasteiger partial charge in [0.25, 0.3) is 0 Å². The second-order valence-electron chi connectivity index (χ2n) is 30.8. The van der Waals surface area contributed by atoms with Gasteiger partial charge in [-0.1, -0.05) is 297 Å². The van der Waals surface area contributed by atoms with Crippen molar-refractivity contribution in [1.29, 1.82) is 0 Å². The molecule has 8 heteroatoms. The van der Waals surface area contributed by atoms with Crippen molar-refractivity contribution in [2.24, 2.45) is 0 Å². The third kappa shape index (κ3) is 12.3. The molecule has 0 amide bonds. The molecular weight excluding hydrogens is 1460 g/mol. The molecule has 8 nitrogen and oxygen atoms in total. The summed E-state index contributed by atoms with van der Waals surface area (Å²) in [6, 6.07) is 142. The molecule has 0 aliphatic carbocycles. The van der Waals surface area contributed by atoms with Gasteiger partial charge < -0.3 is 0 Å². The number of hydrogen-bond donors (Lipinski definition) is 0. The van der Waals surface area contributed by atoms with Gasteiger partial charge in [-0.15, -0.1) is 0 Å². The van der Waals surface area contributed by atoms with Crippen LogP contribution in [0.3, 0.4) is 0 Å². The van der Waals surface area contributed by atoms with Gasteiger partial charge in [0.2, 0.25) is 0 Å². The zero-order valence-corrected chi connectivity index (χ0v) is 64.8. The lowest BCUT2D eigenvalue weighted by molar-refractivity contribution is 1.38. The quantitative estimate of drug-likeness (QED) is 0.0985. The third-order valence-electron chi connectivity index (χ3n) is 23.7. The minimum absolute atomic E-state index is 0.911. The molecule has 0 spiro atoms. The Hall–Kier alpha value is -16.2. The van der Waals surface area contributed by atoms with Crippen molar-refractivity contribution in [1.82, 2.24) is 39.9 Å². The molecule has 0 fully saturated rings. The Bertz CT molecular complexity index is 8180. The van der Waals surface area contributed by atoms with Gasteiger partial charge in [-0.2, -0.15) is 0 Å². The van der Waals surface area contributed by atoms with E-state index in [-0.39, 0.29) is 0 Å². The average molecular weight is 1530 g/mol. The van der Waals surface area contributed by atoms with Gasteiger partial charge >= 0.3 is 0 Å². The van der Waals surface area contributed by atoms with Crippen LogP contribution >= 0.6 is 0 Å². The fraction of sp³-hybridized carbons (Fsp3) is 0. The fourth-order valence-electron chi connectivity index (χ4n) is 17.9. The van der Waals surface area contributed by atoms with Crippen molar-refractivity contribution in [2.75, 3.05) is 0 Å². The highest BCUT2D eigenvalue weighted by Gasteiger charge is 2.23. The number of nitrogens with zero attached hydrogens (tertiary/aromatic N) is 8. The van der Waals surface area contributed by atoms with E-state index in [0.717, 1.165) is 220 Å². The first-order valence-electron chi connectivity index (χ1n) is 40.6. The highest BCUT2D eigenvalue weighted by Crippen LogP contribution is 2.47. The lowest BCUT2D eigenvalue weighted by Crippen LogP contribution is -1.95. The Morgan fingerprint density at radius 3 is 0.758 bits per heavy atom. The van der Waals surface area contributed by atoms with Gasteiger partial charge in [-0.05, 0) is 191 Å². The number of pyridine rings is 8. The summed E-state index contributed by atoms with van der Waals surface area (Å²) in [4.78, 5) is 40.9. The Kier molecular flexibility index (Phi) is 16.7. The molecule has 24 rings (SSSR count). The van der Waals surface area contributed by atoms with Crippen molar-refractivity contribution in [3.05, 3.63) is 413 Å². The summed E-state index contributed by atoms with van der Waals surface area (Å²) in [5.41, 5.74) is 29.2. The normalized spacial score (nSPS) is 11.7. The molecule has 0 unspecified atom stereocenters. The van der Waals surface area contributed by atoms with E-state index in [4.69, 9.17) is 39.9 Å². The SMILES string of the molecule is c1ccc(-c2ccc(-c3ccc4cc(-c5ccc6nc(-c7c8ccccc8c(-c8ccc9ccc%10cccnc%10c9n8)c8ccccc78)ccc6c5)ccc4n3)cc2)cc1.c1ccc(-c2cccc(-c3ccc4cc(-c5ccc6nc(-c7c8ccccc8c(-c8ccc9ccc%10cccnc%10c9n8)c8ccccc78)ccc6c5)ccc4n3)c2)cc1. The summed E-state index contributed by atoms with van der Waals surface area (Å²) in [5, 5.41) is 17.9. The highest BCUT2D eigenvalue weighted by atomic mass is 14.8. The summed E-state index contributed by atoms with van der Waals surface area (Å²) < 4.78 is 0. The van der Waals surface area contributed by atoms with Crippen LogP contribution in [-0.2, 0) is 0 Å². The van der Waals surface area contributed by atoms with Crippen LogP contribution in [0.5, 0.6) is 0 Å². The molecule has 8 aromatic heterocycles. The van der Waals surface area contributed by atoms with Crippen LogP contribution in [0.2, 0.25) is 0 Å². The average Bonchev–Trinajstić information content (AvgIpc) is 0.731. The predicted molar refractivity (Wildman–Crippen MR) is 500 cm³/mol. The van der Waals surface area contributed by atoms with E-state index < -0.39 is 0 Å². The first kappa shape index (κ1) is 69.4. The maximum absolute atomic E-state index is 5.34. The first-order valence-corrected chi connectivity index (χ1v) is 40.6. The first-order chi connectivity index (χ1) is 59.4. The monoisotopic (exact) mass is 1520 g/mol. The minimum Gasteiger partial charge on any atom is -0.254 e. The number of hydrogen-bond acceptors (Lipinski definition) is 8. The summed E-state index contributed by atoms with van der Waals surface area (Å²) in [6.07, 6.45) is 3.69. The smallest absolute Gasteiger partial charge is 0.0972 e. The minimum atomic E-state index is 0.911. The van der Waals surface area contributed by atoms with Gasteiger partial charge in [0.1, 0.15) is 0 Å². The molecule has 556 valence electrons. The highest BCUT2D eigenvalue weighted by molar-refractivity contribution is 6.23. The topological polar surface area (TPSA) is 103 Å². The van der Waals surface area contributed by atoms with Crippen LogP contribution in [0.4, 0.5) is 0 Å². The Labute approximate surface area is 690 Å². The standard InChI is InChI=1S/2C56H34N4/c1-2-10-35(11-3-1)38-12-8-13-41(32-38)48-28-24-42-33-39(22-26-49(42)58-48)40-23-27-50-43(34-40)25-30-51(59-50)53-44-15-4-6-17-46(44)54(47-18-7-5-16-45(47)53)52-29-21-37-20-19-36-14-9-31-57-55(36)56(37)60-52;1-2-9-35(10-3-1)36-16-18-37(19-17-36)48-29-25-42-33-40(23-27-49(42)58-48)41-24-28-50-43(34-41)26-31-51(59-50)53-44-12-4-6-14-46(44)54(47-15-7-5-13-45(47)53)52-30-22-39-21-20-38-11-8-32-57-55(38)56(39)60-52/h2*1-34H. The largest absolute Gasteiger partial charge is 0.254 e. The summed E-state index contributed by atoms with van der Waals surface area (Å²) >= 11 is 0. The molecule has 24 aromatic rings. The van der Waals surface area contributed by atoms with E-state index in [0.29, 0.717) is 0 Å². The molecule has 0 radical (unpaired) electrons. The van der Waals surface area contributed by atoms with Crippen LogP contribution in [-0.4, -0.2) is 39.9 Å². The molecule has 0 bridgehead atoms. The molecule has 0 saturated heterocycles. The van der Waals surface area contributed by atoms with Gasteiger partial charge in [0.15, 0.2) is 0 Å². The van der Waals surface area contributed by atoms with Crippen molar-refractivity contribution in [3.63, 3.8) is 0 Å². The zero-order chi connectivity index (χ0) is 79.1. The molecular formula is C112H68N8. The molecule has 8 heterocycles. The molecule has 0 saturated carbocycles. The van der Waals surface area contributed by atoms with E-state index in [2.05, 4.69) is 376 Å². The van der Waals surface area contributed by atoms with Crippen LogP contribution in [0.15, 0.2) is 413 Å². The fourth-order valence-corrected chi connectivity index (χ4v) is 17.9. The van der Waals surface area contributed by atoms with Gasteiger partial charge in [0.05, 0.1) is 78.3 Å². The van der Waals surface area contributed by atoms with E-state index >= 15 is 0 Å². The third-order valence-corrected chi connectivity index (χ3v) is 23.7. The predicted octanol–water partition coefficient (Wildman–Crippen LogP) is 29.0. The van der Waals surface area contributed by atoms with E-state index in [1.807, 2.05) is 36.7 Å². The van der Waals surface area contributed by atoms with Gasteiger partial charge in [0, 0.05) is 88.9 Å². The molecule has 16 aromatic carbocycles. The van der Waals surface area contributed by atoms with Crippen LogP contribution < -0.4 is 0 Å². The Morgan fingerprint density at radius 2 is 0.383 bits per heavy atom. The molecule has 0 atom stereocenters. The van der Waals surface area contributed by atoms with E-state index in [9.17, 15) is 0 Å². The maximum atomic E-state index is 5.34. The van der Waals surface area contributed by atoms with E-state index in [1.54, 1.807) is 0 Å². The van der Waals surface area contributed by atoms with Gasteiger partial charge in [-0.25, -0.2) is 29.9 Å². The van der Waals surface area contributed by atoms with Crippen molar-refractivity contribution in [3.8, 4) is 112 Å². The second kappa shape index (κ2) is 29.0. The lowest BCUT2D eigenvalue weighted by Gasteiger charge is -2.17. The second-order valence-corrected chi connectivity index (χ2v) is 30.8. The number of aromatic nitrogens is 8. The zero-order valence-electron chi connectivity index (χ0n) is 64.8. The van der Waals surface area contributed by atoms with Crippen LogP contribution in [0.25, 0.3) is 242 Å². The maximum Gasteiger partial charge on any atom is 0.0972 e. The molecule has 120 heavy (non-hydrogen) atoms. The van der Waals surface area contributed by atoms with Crippen molar-refractivity contribution >= 4 is 130 Å². The van der Waals surface area contributed by atoms with Crippen LogP contribution in [0, 0.1) is 0 Å². The molecule has 0 aliphatic rings. The van der Waals surface area contributed by atoms with Crippen molar-refractivity contribution in [2.45, 2.75) is 0 Å². The lowest BCUT2D eigenvalue weighted by atomic mass is 9.88. The van der Waals surface area contributed by atoms with Crippen molar-refractivity contribution < 1.29 is 0 Å². The Balaban J connectivity index is 0.000000140. The number of benzene rings is 16. The number of fused-ring (bicyclic) bond motifs is 14. The molecule has 0 N–H and O–H groups in total. The summed E-state index contributed by atoms with van der Waals surface area (Å²) in [5.74, 6) is 0. The number of rotatable bonds is 10. The van der Waals surface area contributed by atoms with E-state index in [1.165, 1.54) is 22.3 Å².